The lowest BCUT2D eigenvalue weighted by Gasteiger charge is -2.44. The Morgan fingerprint density at radius 2 is 2.13 bits per heavy atom. The van der Waals surface area contributed by atoms with E-state index < -0.39 is 17.5 Å². The molecule has 88 valence electrons. The van der Waals surface area contributed by atoms with E-state index in [-0.39, 0.29) is 5.92 Å². The Bertz CT molecular complexity index is 239. The van der Waals surface area contributed by atoms with Gasteiger partial charge in [0.25, 0.3) is 0 Å². The van der Waals surface area contributed by atoms with Crippen LogP contribution in [0.25, 0.3) is 0 Å². The van der Waals surface area contributed by atoms with Crippen molar-refractivity contribution in [2.45, 2.75) is 52.1 Å². The summed E-state index contributed by atoms with van der Waals surface area (Å²) in [6, 6.07) is 0. The quantitative estimate of drug-likeness (QED) is 0.757. The first-order valence-electron chi connectivity index (χ1n) is 5.87. The summed E-state index contributed by atoms with van der Waals surface area (Å²) >= 11 is 0. The summed E-state index contributed by atoms with van der Waals surface area (Å²) < 4.78 is 0. The first-order valence-corrected chi connectivity index (χ1v) is 5.87. The van der Waals surface area contributed by atoms with Gasteiger partial charge in [-0.2, -0.15) is 0 Å². The standard InChI is InChI=1S/C12H22O3/c1-4-10(11(13)14)12(15)6-5-8(2)7-9(12)3/h8-10,15H,4-7H2,1-3H3,(H,13,14). The van der Waals surface area contributed by atoms with Crippen LogP contribution >= 0.6 is 0 Å². The van der Waals surface area contributed by atoms with Crippen LogP contribution in [-0.2, 0) is 4.79 Å². The molecule has 0 aromatic carbocycles. The molecular formula is C12H22O3. The Morgan fingerprint density at radius 1 is 1.53 bits per heavy atom. The van der Waals surface area contributed by atoms with Crippen LogP contribution in [0.5, 0.6) is 0 Å². The maximum absolute atomic E-state index is 11.1. The first-order chi connectivity index (χ1) is 6.91. The molecule has 4 unspecified atom stereocenters. The number of carboxylic acids is 1. The summed E-state index contributed by atoms with van der Waals surface area (Å²) in [6.07, 6.45) is 3.00. The van der Waals surface area contributed by atoms with Gasteiger partial charge in [-0.25, -0.2) is 0 Å². The zero-order valence-corrected chi connectivity index (χ0v) is 9.86. The van der Waals surface area contributed by atoms with E-state index in [9.17, 15) is 9.90 Å². The minimum Gasteiger partial charge on any atom is -0.481 e. The summed E-state index contributed by atoms with van der Waals surface area (Å²) in [5.74, 6) is -0.782. The molecule has 3 nitrogen and oxygen atoms in total. The first kappa shape index (κ1) is 12.5. The third-order valence-corrected chi connectivity index (χ3v) is 3.96. The minimum absolute atomic E-state index is 0.0855. The van der Waals surface area contributed by atoms with Gasteiger partial charge >= 0.3 is 5.97 Å². The van der Waals surface area contributed by atoms with Gasteiger partial charge in [-0.1, -0.05) is 20.8 Å². The summed E-state index contributed by atoms with van der Waals surface area (Å²) in [5, 5.41) is 19.6. The van der Waals surface area contributed by atoms with Crippen molar-refractivity contribution < 1.29 is 15.0 Å². The molecule has 0 amide bonds. The summed E-state index contributed by atoms with van der Waals surface area (Å²) in [7, 11) is 0. The zero-order chi connectivity index (χ0) is 11.6. The normalized spacial score (nSPS) is 38.7. The SMILES string of the molecule is CCC(C(=O)O)C1(O)CCC(C)CC1C. The summed E-state index contributed by atoms with van der Waals surface area (Å²) in [5.41, 5.74) is -0.993. The van der Waals surface area contributed by atoms with E-state index in [1.54, 1.807) is 0 Å². The van der Waals surface area contributed by atoms with Gasteiger partial charge in [0.15, 0.2) is 0 Å². The van der Waals surface area contributed by atoms with Crippen molar-refractivity contribution in [2.24, 2.45) is 17.8 Å². The highest BCUT2D eigenvalue weighted by molar-refractivity contribution is 5.71. The maximum Gasteiger partial charge on any atom is 0.309 e. The second kappa shape index (κ2) is 4.52. The molecule has 0 spiro atoms. The molecule has 0 heterocycles. The van der Waals surface area contributed by atoms with Crippen LogP contribution in [0.15, 0.2) is 0 Å². The van der Waals surface area contributed by atoms with Crippen LogP contribution in [0.3, 0.4) is 0 Å². The van der Waals surface area contributed by atoms with Crippen LogP contribution in [0.4, 0.5) is 0 Å². The average Bonchev–Trinajstić information content (AvgIpc) is 2.13. The van der Waals surface area contributed by atoms with Crippen molar-refractivity contribution >= 4 is 5.97 Å². The zero-order valence-electron chi connectivity index (χ0n) is 9.86. The predicted molar refractivity (Wildman–Crippen MR) is 58.5 cm³/mol. The second-order valence-electron chi connectivity index (χ2n) is 5.07. The van der Waals surface area contributed by atoms with Crippen molar-refractivity contribution in [3.05, 3.63) is 0 Å². The molecule has 1 rings (SSSR count). The fraction of sp³-hybridized carbons (Fsp3) is 0.917. The molecule has 0 aromatic rings. The molecule has 0 saturated heterocycles. The van der Waals surface area contributed by atoms with Gasteiger partial charge in [-0.3, -0.25) is 4.79 Å². The molecule has 1 saturated carbocycles. The van der Waals surface area contributed by atoms with E-state index in [0.717, 1.165) is 12.8 Å². The van der Waals surface area contributed by atoms with Crippen molar-refractivity contribution in [1.29, 1.82) is 0 Å². The molecule has 1 aliphatic rings. The Balaban J connectivity index is 2.84. The molecule has 2 N–H and O–H groups in total. The number of carbonyl (C=O) groups is 1. The Kier molecular flexibility index (Phi) is 3.77. The lowest BCUT2D eigenvalue weighted by molar-refractivity contribution is -0.162. The Morgan fingerprint density at radius 3 is 2.53 bits per heavy atom. The Hall–Kier alpha value is -0.570. The van der Waals surface area contributed by atoms with Gasteiger partial charge in [0.05, 0.1) is 11.5 Å². The molecule has 1 aliphatic carbocycles. The molecule has 0 radical (unpaired) electrons. The highest BCUT2D eigenvalue weighted by Gasteiger charge is 2.46. The third-order valence-electron chi connectivity index (χ3n) is 3.96. The number of aliphatic carboxylic acids is 1. The molecule has 0 aliphatic heterocycles. The van der Waals surface area contributed by atoms with Gasteiger partial charge in [-0.05, 0) is 37.5 Å². The van der Waals surface area contributed by atoms with Gasteiger partial charge < -0.3 is 10.2 Å². The highest BCUT2D eigenvalue weighted by atomic mass is 16.4. The van der Waals surface area contributed by atoms with Gasteiger partial charge in [-0.15, -0.1) is 0 Å². The van der Waals surface area contributed by atoms with Crippen molar-refractivity contribution in [2.75, 3.05) is 0 Å². The molecule has 3 heteroatoms. The van der Waals surface area contributed by atoms with E-state index in [4.69, 9.17) is 5.11 Å². The highest BCUT2D eigenvalue weighted by Crippen LogP contribution is 2.42. The molecule has 0 bridgehead atoms. The third kappa shape index (κ3) is 2.33. The van der Waals surface area contributed by atoms with Crippen LogP contribution in [-0.4, -0.2) is 21.8 Å². The minimum atomic E-state index is -0.993. The van der Waals surface area contributed by atoms with Crippen LogP contribution in [0.1, 0.15) is 46.5 Å². The van der Waals surface area contributed by atoms with Crippen LogP contribution in [0.2, 0.25) is 0 Å². The van der Waals surface area contributed by atoms with E-state index in [1.807, 2.05) is 13.8 Å². The summed E-state index contributed by atoms with van der Waals surface area (Å²) in [6.45, 7) is 5.97. The number of hydrogen-bond donors (Lipinski definition) is 2. The van der Waals surface area contributed by atoms with E-state index in [0.29, 0.717) is 18.8 Å². The number of carboxylic acid groups (broad SMARTS) is 1. The fourth-order valence-corrected chi connectivity index (χ4v) is 2.91. The topological polar surface area (TPSA) is 57.5 Å². The summed E-state index contributed by atoms with van der Waals surface area (Å²) in [4.78, 5) is 11.1. The number of aliphatic hydroxyl groups is 1. The van der Waals surface area contributed by atoms with Crippen LogP contribution < -0.4 is 0 Å². The van der Waals surface area contributed by atoms with Gasteiger partial charge in [0.1, 0.15) is 0 Å². The van der Waals surface area contributed by atoms with E-state index in [1.165, 1.54) is 0 Å². The Labute approximate surface area is 91.5 Å². The van der Waals surface area contributed by atoms with E-state index >= 15 is 0 Å². The number of hydrogen-bond acceptors (Lipinski definition) is 2. The van der Waals surface area contributed by atoms with Gasteiger partial charge in [0.2, 0.25) is 0 Å². The monoisotopic (exact) mass is 214 g/mol. The molecule has 4 atom stereocenters. The lowest BCUT2D eigenvalue weighted by Crippen LogP contribution is -2.50. The van der Waals surface area contributed by atoms with Crippen molar-refractivity contribution in [3.8, 4) is 0 Å². The second-order valence-corrected chi connectivity index (χ2v) is 5.07. The molecule has 1 fully saturated rings. The van der Waals surface area contributed by atoms with Crippen molar-refractivity contribution in [1.82, 2.24) is 0 Å². The lowest BCUT2D eigenvalue weighted by atomic mass is 9.66. The fourth-order valence-electron chi connectivity index (χ4n) is 2.91. The predicted octanol–water partition coefficient (Wildman–Crippen LogP) is 2.28. The van der Waals surface area contributed by atoms with Crippen LogP contribution in [0, 0.1) is 17.8 Å². The average molecular weight is 214 g/mol. The van der Waals surface area contributed by atoms with Crippen molar-refractivity contribution in [3.63, 3.8) is 0 Å². The largest absolute Gasteiger partial charge is 0.481 e. The number of rotatable bonds is 3. The maximum atomic E-state index is 11.1. The molecule has 0 aromatic heterocycles. The molecule has 15 heavy (non-hydrogen) atoms. The molecular weight excluding hydrogens is 192 g/mol. The smallest absolute Gasteiger partial charge is 0.309 e. The van der Waals surface area contributed by atoms with Gasteiger partial charge in [0, 0.05) is 0 Å². The van der Waals surface area contributed by atoms with E-state index in [2.05, 4.69) is 6.92 Å².